The van der Waals surface area contributed by atoms with E-state index >= 15 is 0 Å². The number of carbonyl (C=O) groups excluding carboxylic acids is 1. The van der Waals surface area contributed by atoms with E-state index in [4.69, 9.17) is 15.0 Å². The average molecular weight is 338 g/mol. The molecule has 24 heavy (non-hydrogen) atoms. The lowest BCUT2D eigenvalue weighted by molar-refractivity contribution is -0.122. The van der Waals surface area contributed by atoms with Gasteiger partial charge in [-0.3, -0.25) is 9.69 Å². The summed E-state index contributed by atoms with van der Waals surface area (Å²) in [4.78, 5) is 17.0. The number of aromatic nitrogens is 2. The maximum Gasteiger partial charge on any atom is 0.240 e. The molecule has 1 amide bonds. The minimum Gasteiger partial charge on any atom is -0.485 e. The maximum atomic E-state index is 13.5. The third kappa shape index (κ3) is 3.85. The number of primary amides is 1. The number of benzene rings is 1. The molecule has 2 heterocycles. The number of hydrogen-bond acceptors (Lipinski definition) is 6. The van der Waals surface area contributed by atoms with Gasteiger partial charge in [0.15, 0.2) is 6.61 Å². The Labute approximate surface area is 136 Å². The normalized spacial score (nSPS) is 21.1. The third-order valence-corrected chi connectivity index (χ3v) is 3.71. The van der Waals surface area contributed by atoms with Crippen molar-refractivity contribution in [2.75, 3.05) is 6.54 Å². The first-order chi connectivity index (χ1) is 11.5. The van der Waals surface area contributed by atoms with Crippen LogP contribution < -0.4 is 10.5 Å². The summed E-state index contributed by atoms with van der Waals surface area (Å²) in [5, 5.41) is 3.76. The van der Waals surface area contributed by atoms with Crippen molar-refractivity contribution in [2.45, 2.75) is 31.8 Å². The molecule has 1 saturated heterocycles. The highest BCUT2D eigenvalue weighted by atomic mass is 19.1. The number of halogens is 2. The molecule has 3 rings (SSSR count). The van der Waals surface area contributed by atoms with Crippen LogP contribution in [0, 0.1) is 5.82 Å². The average Bonchev–Trinajstić information content (AvgIpc) is 3.14. The lowest BCUT2D eigenvalue weighted by atomic mass is 10.2. The molecule has 128 valence electrons. The molecular weight excluding hydrogens is 322 g/mol. The topological polar surface area (TPSA) is 94.5 Å². The second kappa shape index (κ2) is 6.91. The summed E-state index contributed by atoms with van der Waals surface area (Å²) in [6.07, 6.45) is -1.03. The third-order valence-electron chi connectivity index (χ3n) is 3.71. The molecule has 0 bridgehead atoms. The van der Waals surface area contributed by atoms with E-state index in [0.717, 1.165) is 0 Å². The molecule has 0 radical (unpaired) electrons. The minimum absolute atomic E-state index is 0.0418. The van der Waals surface area contributed by atoms with E-state index < -0.39 is 18.1 Å². The summed E-state index contributed by atoms with van der Waals surface area (Å²) in [6, 6.07) is 4.85. The number of ether oxygens (including phenoxy) is 1. The highest BCUT2D eigenvalue weighted by Gasteiger charge is 2.36. The molecule has 0 saturated carbocycles. The molecule has 1 aliphatic rings. The Hall–Kier alpha value is -2.55. The van der Waals surface area contributed by atoms with E-state index in [1.165, 1.54) is 24.3 Å². The number of hydrogen-bond donors (Lipinski definition) is 1. The second-order valence-electron chi connectivity index (χ2n) is 5.53. The second-order valence-corrected chi connectivity index (χ2v) is 5.53. The first-order valence-electron chi connectivity index (χ1n) is 7.38. The van der Waals surface area contributed by atoms with Crippen LogP contribution in [0.3, 0.4) is 0 Å². The van der Waals surface area contributed by atoms with Crippen molar-refractivity contribution in [1.29, 1.82) is 0 Å². The first-order valence-corrected chi connectivity index (χ1v) is 7.38. The smallest absolute Gasteiger partial charge is 0.240 e. The van der Waals surface area contributed by atoms with Gasteiger partial charge in [-0.05, 0) is 24.3 Å². The molecule has 7 nitrogen and oxygen atoms in total. The van der Waals surface area contributed by atoms with Gasteiger partial charge in [0, 0.05) is 13.0 Å². The molecule has 2 atom stereocenters. The summed E-state index contributed by atoms with van der Waals surface area (Å²) in [5.41, 5.74) is 5.27. The molecular formula is C15H16F2N4O3. The molecule has 2 N–H and O–H groups in total. The van der Waals surface area contributed by atoms with Crippen LogP contribution in [0.25, 0.3) is 0 Å². The number of carbonyl (C=O) groups is 1. The van der Waals surface area contributed by atoms with Crippen LogP contribution in [0.1, 0.15) is 18.1 Å². The van der Waals surface area contributed by atoms with E-state index in [1.807, 2.05) is 0 Å². The molecule has 1 fully saturated rings. The van der Waals surface area contributed by atoms with Crippen molar-refractivity contribution in [3.63, 3.8) is 0 Å². The zero-order valence-electron chi connectivity index (χ0n) is 12.7. The quantitative estimate of drug-likeness (QED) is 0.850. The highest BCUT2D eigenvalue weighted by Crippen LogP contribution is 2.22. The Morgan fingerprint density at radius 1 is 1.42 bits per heavy atom. The van der Waals surface area contributed by atoms with Crippen LogP contribution in [0.2, 0.25) is 0 Å². The Morgan fingerprint density at radius 3 is 2.88 bits per heavy atom. The van der Waals surface area contributed by atoms with Gasteiger partial charge in [0.25, 0.3) is 0 Å². The van der Waals surface area contributed by atoms with Crippen LogP contribution >= 0.6 is 0 Å². The molecule has 1 aromatic carbocycles. The monoisotopic (exact) mass is 338 g/mol. The molecule has 0 spiro atoms. The minimum atomic E-state index is -1.10. The van der Waals surface area contributed by atoms with Gasteiger partial charge in [0.05, 0.1) is 12.6 Å². The van der Waals surface area contributed by atoms with E-state index in [1.54, 1.807) is 4.90 Å². The zero-order valence-corrected chi connectivity index (χ0v) is 12.7. The lowest BCUT2D eigenvalue weighted by Gasteiger charge is -2.18. The standard InChI is InChI=1S/C15H16F2N4O3/c16-9-1-3-11(4-2-9)23-8-13-19-14(24-20-13)7-21-6-10(17)5-12(21)15(18)22/h1-4,10,12H,5-8H2,(H2,18,22)/t10-,12+/m1/s1. The Morgan fingerprint density at radius 2 is 2.17 bits per heavy atom. The molecule has 1 aromatic heterocycles. The van der Waals surface area contributed by atoms with Crippen molar-refractivity contribution in [2.24, 2.45) is 5.73 Å². The zero-order chi connectivity index (χ0) is 17.1. The number of nitrogens with two attached hydrogens (primary N) is 1. The van der Waals surface area contributed by atoms with Gasteiger partial charge < -0.3 is 15.0 Å². The van der Waals surface area contributed by atoms with E-state index in [-0.39, 0.29) is 37.8 Å². The largest absolute Gasteiger partial charge is 0.485 e. The van der Waals surface area contributed by atoms with Gasteiger partial charge >= 0.3 is 0 Å². The van der Waals surface area contributed by atoms with Gasteiger partial charge in [-0.1, -0.05) is 5.16 Å². The van der Waals surface area contributed by atoms with Crippen LogP contribution in [0.15, 0.2) is 28.8 Å². The van der Waals surface area contributed by atoms with Crippen LogP contribution in [0.5, 0.6) is 5.75 Å². The highest BCUT2D eigenvalue weighted by molar-refractivity contribution is 5.80. The number of likely N-dealkylation sites (tertiary alicyclic amines) is 1. The van der Waals surface area contributed by atoms with Crippen molar-refractivity contribution in [3.8, 4) is 5.75 Å². The van der Waals surface area contributed by atoms with Crippen molar-refractivity contribution in [1.82, 2.24) is 15.0 Å². The van der Waals surface area contributed by atoms with Crippen molar-refractivity contribution >= 4 is 5.91 Å². The number of rotatable bonds is 6. The summed E-state index contributed by atoms with van der Waals surface area (Å²) < 4.78 is 36.8. The van der Waals surface area contributed by atoms with Gasteiger partial charge in [0.2, 0.25) is 17.6 Å². The van der Waals surface area contributed by atoms with Crippen LogP contribution in [0.4, 0.5) is 8.78 Å². The van der Waals surface area contributed by atoms with Gasteiger partial charge in [-0.2, -0.15) is 4.98 Å². The Bertz CT molecular complexity index is 707. The van der Waals surface area contributed by atoms with Crippen molar-refractivity contribution in [3.05, 3.63) is 41.8 Å². The molecule has 2 aromatic rings. The molecule has 1 aliphatic heterocycles. The fourth-order valence-corrected chi connectivity index (χ4v) is 2.58. The lowest BCUT2D eigenvalue weighted by Crippen LogP contribution is -2.39. The first kappa shape index (κ1) is 16.3. The fourth-order valence-electron chi connectivity index (χ4n) is 2.58. The SMILES string of the molecule is NC(=O)[C@@H]1C[C@@H](F)CN1Cc1nc(COc2ccc(F)cc2)no1. The van der Waals surface area contributed by atoms with Crippen LogP contribution in [-0.2, 0) is 17.9 Å². The summed E-state index contributed by atoms with van der Waals surface area (Å²) >= 11 is 0. The van der Waals surface area contributed by atoms with Gasteiger partial charge in [-0.25, -0.2) is 8.78 Å². The van der Waals surface area contributed by atoms with E-state index in [2.05, 4.69) is 10.1 Å². The predicted octanol–water partition coefficient (Wildman–Crippen LogP) is 1.19. The van der Waals surface area contributed by atoms with Gasteiger partial charge in [-0.15, -0.1) is 0 Å². The molecule has 0 unspecified atom stereocenters. The summed E-state index contributed by atoms with van der Waals surface area (Å²) in [7, 11) is 0. The predicted molar refractivity (Wildman–Crippen MR) is 77.9 cm³/mol. The Balaban J connectivity index is 1.57. The maximum absolute atomic E-state index is 13.5. The summed E-state index contributed by atoms with van der Waals surface area (Å²) in [6.45, 7) is 0.273. The molecule has 9 heteroatoms. The summed E-state index contributed by atoms with van der Waals surface area (Å²) in [5.74, 6) is 0.0740. The van der Waals surface area contributed by atoms with Gasteiger partial charge in [0.1, 0.15) is 17.7 Å². The number of alkyl halides is 1. The van der Waals surface area contributed by atoms with E-state index in [0.29, 0.717) is 11.6 Å². The van der Waals surface area contributed by atoms with Crippen LogP contribution in [-0.4, -0.2) is 39.7 Å². The fraction of sp³-hybridized carbons (Fsp3) is 0.400. The molecule has 0 aliphatic carbocycles. The number of nitrogens with zero attached hydrogens (tertiary/aromatic N) is 3. The Kier molecular flexibility index (Phi) is 4.70. The van der Waals surface area contributed by atoms with E-state index in [9.17, 15) is 13.6 Å². The number of amides is 1. The van der Waals surface area contributed by atoms with Crippen molar-refractivity contribution < 1.29 is 22.8 Å².